The van der Waals surface area contributed by atoms with Crippen molar-refractivity contribution in [2.24, 2.45) is 0 Å². The van der Waals surface area contributed by atoms with E-state index in [2.05, 4.69) is 14.8 Å². The van der Waals surface area contributed by atoms with Crippen molar-refractivity contribution in [3.8, 4) is 11.5 Å². The van der Waals surface area contributed by atoms with E-state index in [0.29, 0.717) is 36.8 Å². The topological polar surface area (TPSA) is 100 Å². The summed E-state index contributed by atoms with van der Waals surface area (Å²) in [7, 11) is 2.46. The van der Waals surface area contributed by atoms with E-state index in [4.69, 9.17) is 9.47 Å². The van der Waals surface area contributed by atoms with Crippen molar-refractivity contribution in [3.63, 3.8) is 0 Å². The van der Waals surface area contributed by atoms with Gasteiger partial charge in [0.2, 0.25) is 5.91 Å². The summed E-state index contributed by atoms with van der Waals surface area (Å²) in [5.74, 6) is -0.266. The first-order valence-electron chi connectivity index (χ1n) is 9.44. The number of hydrogen-bond acceptors (Lipinski definition) is 7. The molecule has 0 heterocycles. The molecule has 1 amide bonds. The summed E-state index contributed by atoms with van der Waals surface area (Å²) < 4.78 is 20.6. The third-order valence-electron chi connectivity index (χ3n) is 4.01. The average Bonchev–Trinajstić information content (AvgIpc) is 2.76. The van der Waals surface area contributed by atoms with Gasteiger partial charge < -0.3 is 24.3 Å². The molecule has 0 spiro atoms. The molecule has 0 fully saturated rings. The molecule has 2 rings (SSSR count). The van der Waals surface area contributed by atoms with Gasteiger partial charge in [0, 0.05) is 12.1 Å². The van der Waals surface area contributed by atoms with Gasteiger partial charge in [0.05, 0.1) is 38.6 Å². The fourth-order valence-electron chi connectivity index (χ4n) is 2.65. The number of carbonyl (C=O) groups is 3. The molecule has 0 aromatic heterocycles. The van der Waals surface area contributed by atoms with Crippen LogP contribution in [0.15, 0.2) is 42.5 Å². The fourth-order valence-corrected chi connectivity index (χ4v) is 2.65. The van der Waals surface area contributed by atoms with Gasteiger partial charge >= 0.3 is 11.9 Å². The van der Waals surface area contributed by atoms with Gasteiger partial charge in [-0.15, -0.1) is 0 Å². The minimum atomic E-state index is -0.627. The van der Waals surface area contributed by atoms with Crippen LogP contribution >= 0.6 is 0 Å². The van der Waals surface area contributed by atoms with Crippen LogP contribution < -0.4 is 14.8 Å². The number of nitrogens with one attached hydrogen (secondary N) is 1. The maximum atomic E-state index is 12.3. The van der Waals surface area contributed by atoms with Crippen molar-refractivity contribution in [2.45, 2.75) is 19.8 Å². The third kappa shape index (κ3) is 6.51. The largest absolute Gasteiger partial charge is 0.490 e. The van der Waals surface area contributed by atoms with E-state index in [9.17, 15) is 14.4 Å². The van der Waals surface area contributed by atoms with Crippen molar-refractivity contribution >= 4 is 23.5 Å². The van der Waals surface area contributed by atoms with E-state index >= 15 is 0 Å². The Bertz CT molecular complexity index is 861. The molecule has 8 heteroatoms. The Balaban J connectivity index is 1.94. The molecule has 0 bridgehead atoms. The van der Waals surface area contributed by atoms with Gasteiger partial charge in [0.25, 0.3) is 0 Å². The highest BCUT2D eigenvalue weighted by Gasteiger charge is 2.15. The Morgan fingerprint density at radius 3 is 1.97 bits per heavy atom. The van der Waals surface area contributed by atoms with Crippen LogP contribution in [0.4, 0.5) is 5.69 Å². The number of para-hydroxylation sites is 2. The lowest BCUT2D eigenvalue weighted by Crippen LogP contribution is -2.15. The quantitative estimate of drug-likeness (QED) is 0.468. The van der Waals surface area contributed by atoms with Crippen molar-refractivity contribution in [1.29, 1.82) is 0 Å². The zero-order valence-electron chi connectivity index (χ0n) is 17.2. The van der Waals surface area contributed by atoms with Crippen LogP contribution in [0.25, 0.3) is 0 Å². The highest BCUT2D eigenvalue weighted by atomic mass is 16.5. The number of ether oxygens (including phenoxy) is 4. The molecule has 0 saturated carbocycles. The average molecular weight is 415 g/mol. The number of methoxy groups -OCH3 is 2. The highest BCUT2D eigenvalue weighted by Crippen LogP contribution is 2.26. The molecule has 0 aliphatic rings. The summed E-state index contributed by atoms with van der Waals surface area (Å²) in [5, 5.41) is 2.68. The molecule has 8 nitrogen and oxygen atoms in total. The molecule has 0 aliphatic heterocycles. The summed E-state index contributed by atoms with van der Waals surface area (Å²) >= 11 is 0. The van der Waals surface area contributed by atoms with Crippen LogP contribution in [0.2, 0.25) is 0 Å². The van der Waals surface area contributed by atoms with E-state index in [-0.39, 0.29) is 23.5 Å². The Kier molecular flexibility index (Phi) is 8.68. The second-order valence-corrected chi connectivity index (χ2v) is 6.16. The Morgan fingerprint density at radius 2 is 1.43 bits per heavy atom. The van der Waals surface area contributed by atoms with Crippen LogP contribution in [-0.2, 0) is 14.3 Å². The summed E-state index contributed by atoms with van der Waals surface area (Å²) in [6, 6.07) is 11.5. The van der Waals surface area contributed by atoms with Crippen molar-refractivity contribution in [3.05, 3.63) is 53.6 Å². The number of benzene rings is 2. The monoisotopic (exact) mass is 415 g/mol. The number of amides is 1. The summed E-state index contributed by atoms with van der Waals surface area (Å²) in [6.45, 7) is 2.75. The minimum absolute atomic E-state index is 0.131. The molecule has 2 aromatic rings. The van der Waals surface area contributed by atoms with Crippen LogP contribution in [0, 0.1) is 0 Å². The SMILES string of the molecule is CCOc1ccccc1OCCCC(=O)Nc1cc(C(=O)OC)cc(C(=O)OC)c1. The number of hydrogen-bond donors (Lipinski definition) is 1. The zero-order valence-corrected chi connectivity index (χ0v) is 17.2. The van der Waals surface area contributed by atoms with Gasteiger partial charge in [-0.05, 0) is 43.7 Å². The molecular formula is C22H25NO7. The number of rotatable bonds is 10. The van der Waals surface area contributed by atoms with Crippen LogP contribution in [0.5, 0.6) is 11.5 Å². The van der Waals surface area contributed by atoms with Gasteiger partial charge in [0.1, 0.15) is 0 Å². The Hall–Kier alpha value is -3.55. The lowest BCUT2D eigenvalue weighted by Gasteiger charge is -2.12. The molecular weight excluding hydrogens is 390 g/mol. The first-order valence-corrected chi connectivity index (χ1v) is 9.44. The molecule has 1 N–H and O–H groups in total. The van der Waals surface area contributed by atoms with Gasteiger partial charge in [-0.2, -0.15) is 0 Å². The highest BCUT2D eigenvalue weighted by molar-refractivity contribution is 5.99. The smallest absolute Gasteiger partial charge is 0.337 e. The van der Waals surface area contributed by atoms with Crippen LogP contribution in [-0.4, -0.2) is 45.3 Å². The van der Waals surface area contributed by atoms with Gasteiger partial charge in [-0.3, -0.25) is 4.79 Å². The second-order valence-electron chi connectivity index (χ2n) is 6.16. The molecule has 0 saturated heterocycles. The predicted octanol–water partition coefficient (Wildman–Crippen LogP) is 3.46. The summed E-state index contributed by atoms with van der Waals surface area (Å²) in [5.41, 5.74) is 0.559. The summed E-state index contributed by atoms with van der Waals surface area (Å²) in [4.78, 5) is 35.9. The number of anilines is 1. The molecule has 0 aliphatic carbocycles. The predicted molar refractivity (Wildman–Crippen MR) is 110 cm³/mol. The van der Waals surface area contributed by atoms with Crippen molar-refractivity contribution < 1.29 is 33.3 Å². The van der Waals surface area contributed by atoms with Crippen LogP contribution in [0.3, 0.4) is 0 Å². The van der Waals surface area contributed by atoms with E-state index in [1.807, 2.05) is 25.1 Å². The molecule has 0 radical (unpaired) electrons. The summed E-state index contributed by atoms with van der Waals surface area (Å²) in [6.07, 6.45) is 0.652. The lowest BCUT2D eigenvalue weighted by molar-refractivity contribution is -0.116. The second kappa shape index (κ2) is 11.5. The molecule has 0 atom stereocenters. The minimum Gasteiger partial charge on any atom is -0.490 e. The number of esters is 2. The standard InChI is InChI=1S/C22H25NO7/c1-4-29-18-8-5-6-9-19(18)30-11-7-10-20(24)23-17-13-15(21(25)27-2)12-16(14-17)22(26)28-3/h5-6,8-9,12-14H,4,7,10-11H2,1-3H3,(H,23,24). The van der Waals surface area contributed by atoms with E-state index in [1.165, 1.54) is 32.4 Å². The van der Waals surface area contributed by atoms with E-state index in [0.717, 1.165) is 0 Å². The Morgan fingerprint density at radius 1 is 0.867 bits per heavy atom. The van der Waals surface area contributed by atoms with Gasteiger partial charge in [-0.1, -0.05) is 12.1 Å². The first-order chi connectivity index (χ1) is 14.5. The fraction of sp³-hybridized carbons (Fsp3) is 0.318. The van der Waals surface area contributed by atoms with E-state index < -0.39 is 11.9 Å². The van der Waals surface area contributed by atoms with E-state index in [1.54, 1.807) is 6.07 Å². The molecule has 30 heavy (non-hydrogen) atoms. The van der Waals surface area contributed by atoms with Crippen molar-refractivity contribution in [2.75, 3.05) is 32.8 Å². The molecule has 160 valence electrons. The van der Waals surface area contributed by atoms with Crippen LogP contribution in [0.1, 0.15) is 40.5 Å². The first kappa shape index (κ1) is 22.7. The third-order valence-corrected chi connectivity index (χ3v) is 4.01. The zero-order chi connectivity index (χ0) is 21.9. The molecule has 2 aromatic carbocycles. The number of carbonyl (C=O) groups excluding carboxylic acids is 3. The van der Waals surface area contributed by atoms with Gasteiger partial charge in [0.15, 0.2) is 11.5 Å². The normalized spacial score (nSPS) is 10.1. The Labute approximate surface area is 175 Å². The van der Waals surface area contributed by atoms with Gasteiger partial charge in [-0.25, -0.2) is 9.59 Å². The van der Waals surface area contributed by atoms with Crippen molar-refractivity contribution in [1.82, 2.24) is 0 Å². The molecule has 0 unspecified atom stereocenters. The maximum absolute atomic E-state index is 12.3. The lowest BCUT2D eigenvalue weighted by atomic mass is 10.1. The maximum Gasteiger partial charge on any atom is 0.337 e.